The van der Waals surface area contributed by atoms with Crippen LogP contribution in [0.5, 0.6) is 0 Å². The molecule has 0 spiro atoms. The van der Waals surface area contributed by atoms with E-state index in [2.05, 4.69) is 9.97 Å². The number of carboxylic acids is 1. The molecular formula is C15H15N3O2S. The Bertz CT molecular complexity index is 819. The third-order valence-corrected chi connectivity index (χ3v) is 4.32. The quantitative estimate of drug-likeness (QED) is 0.806. The number of carboxylic acid groups (broad SMARTS) is 1. The van der Waals surface area contributed by atoms with Gasteiger partial charge in [0.2, 0.25) is 0 Å². The van der Waals surface area contributed by atoms with Crippen LogP contribution in [-0.4, -0.2) is 25.6 Å². The van der Waals surface area contributed by atoms with Crippen molar-refractivity contribution in [3.8, 4) is 10.7 Å². The van der Waals surface area contributed by atoms with Crippen molar-refractivity contribution in [2.24, 2.45) is 0 Å². The summed E-state index contributed by atoms with van der Waals surface area (Å²) < 4.78 is 1.70. The molecule has 0 atom stereocenters. The number of imidazole rings is 1. The molecule has 0 radical (unpaired) electrons. The predicted octanol–water partition coefficient (Wildman–Crippen LogP) is 3.29. The fourth-order valence-electron chi connectivity index (χ4n) is 2.26. The van der Waals surface area contributed by atoms with Crippen molar-refractivity contribution in [3.05, 3.63) is 35.3 Å². The smallest absolute Gasteiger partial charge is 0.329 e. The van der Waals surface area contributed by atoms with Crippen LogP contribution in [0, 0.1) is 6.92 Å². The fraction of sp³-hybridized carbons (Fsp3) is 0.267. The van der Waals surface area contributed by atoms with E-state index in [1.807, 2.05) is 30.5 Å². The average molecular weight is 301 g/mol. The monoisotopic (exact) mass is 301 g/mol. The number of rotatable bonds is 3. The second-order valence-electron chi connectivity index (χ2n) is 5.47. The van der Waals surface area contributed by atoms with E-state index in [-0.39, 0.29) is 0 Å². The topological polar surface area (TPSA) is 68.0 Å². The Morgan fingerprint density at radius 2 is 2.19 bits per heavy atom. The second kappa shape index (κ2) is 4.66. The van der Waals surface area contributed by atoms with Gasteiger partial charge in [0.25, 0.3) is 0 Å². The van der Waals surface area contributed by atoms with Gasteiger partial charge in [0.05, 0.1) is 4.88 Å². The molecule has 3 aromatic heterocycles. The van der Waals surface area contributed by atoms with E-state index >= 15 is 0 Å². The lowest BCUT2D eigenvalue weighted by Crippen LogP contribution is -2.36. The summed E-state index contributed by atoms with van der Waals surface area (Å²) in [5.74, 6) is -0.271. The normalized spacial score (nSPS) is 12.0. The van der Waals surface area contributed by atoms with E-state index in [1.165, 1.54) is 11.3 Å². The molecule has 0 unspecified atom stereocenters. The summed E-state index contributed by atoms with van der Waals surface area (Å²) in [7, 11) is 0. The minimum Gasteiger partial charge on any atom is -0.480 e. The zero-order chi connectivity index (χ0) is 15.2. The molecule has 5 nitrogen and oxygen atoms in total. The van der Waals surface area contributed by atoms with Gasteiger partial charge in [-0.05, 0) is 43.8 Å². The van der Waals surface area contributed by atoms with E-state index in [4.69, 9.17) is 0 Å². The summed E-state index contributed by atoms with van der Waals surface area (Å²) >= 11 is 1.53. The second-order valence-corrected chi connectivity index (χ2v) is 6.42. The summed E-state index contributed by atoms with van der Waals surface area (Å²) in [5, 5.41) is 11.5. The van der Waals surface area contributed by atoms with E-state index in [0.29, 0.717) is 17.0 Å². The Balaban J connectivity index is 2.39. The fourth-order valence-corrected chi connectivity index (χ4v) is 2.96. The molecule has 3 heterocycles. The van der Waals surface area contributed by atoms with Crippen LogP contribution in [-0.2, 0) is 10.3 Å². The molecular weight excluding hydrogens is 286 g/mol. The number of aliphatic carboxylic acids is 1. The number of aryl methyl sites for hydroxylation is 1. The first-order chi connectivity index (χ1) is 9.91. The summed E-state index contributed by atoms with van der Waals surface area (Å²) in [6.45, 7) is 5.27. The van der Waals surface area contributed by atoms with Crippen LogP contribution in [0.3, 0.4) is 0 Å². The lowest BCUT2D eigenvalue weighted by Gasteiger charge is -2.23. The first kappa shape index (κ1) is 13.8. The Kier molecular flexibility index (Phi) is 3.06. The Morgan fingerprint density at radius 3 is 2.81 bits per heavy atom. The first-order valence-electron chi connectivity index (χ1n) is 6.54. The third-order valence-electron chi connectivity index (χ3n) is 3.46. The molecule has 3 rings (SSSR count). The highest BCUT2D eigenvalue weighted by Crippen LogP contribution is 2.33. The van der Waals surface area contributed by atoms with Gasteiger partial charge in [0.15, 0.2) is 11.5 Å². The maximum atomic E-state index is 11.7. The molecule has 108 valence electrons. The standard InChI is InChI=1S/C15H15N3O2S/c1-9-7-10-12(16-8-9)18(15(2,3)14(19)20)13(17-10)11-5-4-6-21-11/h4-8H,1-3H3,(H,19,20). The van der Waals surface area contributed by atoms with Gasteiger partial charge in [-0.15, -0.1) is 11.3 Å². The van der Waals surface area contributed by atoms with Crippen molar-refractivity contribution in [1.82, 2.24) is 14.5 Å². The SMILES string of the molecule is Cc1cnc2c(c1)nc(-c1cccs1)n2C(C)(C)C(=O)O. The van der Waals surface area contributed by atoms with Crippen LogP contribution in [0.15, 0.2) is 29.8 Å². The van der Waals surface area contributed by atoms with Gasteiger partial charge >= 0.3 is 5.97 Å². The third kappa shape index (κ3) is 2.12. The van der Waals surface area contributed by atoms with Crippen molar-refractivity contribution in [3.63, 3.8) is 0 Å². The summed E-state index contributed by atoms with van der Waals surface area (Å²) in [5.41, 5.74) is 1.18. The molecule has 0 aliphatic carbocycles. The predicted molar refractivity (Wildman–Crippen MR) is 82.5 cm³/mol. The van der Waals surface area contributed by atoms with Crippen molar-refractivity contribution >= 4 is 28.5 Å². The van der Waals surface area contributed by atoms with Gasteiger partial charge in [-0.2, -0.15) is 0 Å². The number of thiophene rings is 1. The Labute approximate surface area is 125 Å². The molecule has 1 N–H and O–H groups in total. The van der Waals surface area contributed by atoms with Crippen molar-refractivity contribution < 1.29 is 9.90 Å². The lowest BCUT2D eigenvalue weighted by atomic mass is 10.1. The van der Waals surface area contributed by atoms with Gasteiger partial charge in [0, 0.05) is 6.20 Å². The van der Waals surface area contributed by atoms with Gasteiger partial charge in [-0.3, -0.25) is 4.57 Å². The minimum atomic E-state index is -1.13. The maximum absolute atomic E-state index is 11.7. The van der Waals surface area contributed by atoms with Gasteiger partial charge in [-0.1, -0.05) is 6.07 Å². The van der Waals surface area contributed by atoms with E-state index in [0.717, 1.165) is 10.4 Å². The zero-order valence-corrected chi connectivity index (χ0v) is 12.8. The summed E-state index contributed by atoms with van der Waals surface area (Å²) in [4.78, 5) is 21.6. The highest BCUT2D eigenvalue weighted by atomic mass is 32.1. The van der Waals surface area contributed by atoms with Gasteiger partial charge in [0.1, 0.15) is 11.1 Å². The van der Waals surface area contributed by atoms with Crippen molar-refractivity contribution in [2.45, 2.75) is 26.3 Å². The van der Waals surface area contributed by atoms with Crippen molar-refractivity contribution in [1.29, 1.82) is 0 Å². The molecule has 3 aromatic rings. The molecule has 0 bridgehead atoms. The number of carbonyl (C=O) groups is 1. The molecule has 21 heavy (non-hydrogen) atoms. The average Bonchev–Trinajstić information content (AvgIpc) is 3.04. The molecule has 0 saturated heterocycles. The first-order valence-corrected chi connectivity index (χ1v) is 7.42. The van der Waals surface area contributed by atoms with Crippen LogP contribution in [0.4, 0.5) is 0 Å². The van der Waals surface area contributed by atoms with Crippen molar-refractivity contribution in [2.75, 3.05) is 0 Å². The lowest BCUT2D eigenvalue weighted by molar-refractivity contribution is -0.145. The molecule has 0 aromatic carbocycles. The zero-order valence-electron chi connectivity index (χ0n) is 12.0. The largest absolute Gasteiger partial charge is 0.480 e. The number of aromatic nitrogens is 3. The molecule has 0 saturated carbocycles. The highest BCUT2D eigenvalue weighted by Gasteiger charge is 2.34. The molecule has 6 heteroatoms. The van der Waals surface area contributed by atoms with Crippen LogP contribution in [0.1, 0.15) is 19.4 Å². The van der Waals surface area contributed by atoms with E-state index < -0.39 is 11.5 Å². The Hall–Kier alpha value is -2.21. The number of fused-ring (bicyclic) bond motifs is 1. The molecule has 0 aliphatic rings. The molecule has 0 aliphatic heterocycles. The number of hydrogen-bond donors (Lipinski definition) is 1. The molecule has 0 amide bonds. The van der Waals surface area contributed by atoms with Crippen LogP contribution < -0.4 is 0 Å². The van der Waals surface area contributed by atoms with Gasteiger partial charge < -0.3 is 5.11 Å². The maximum Gasteiger partial charge on any atom is 0.329 e. The number of nitrogens with zero attached hydrogens (tertiary/aromatic N) is 3. The van der Waals surface area contributed by atoms with E-state index in [1.54, 1.807) is 24.6 Å². The Morgan fingerprint density at radius 1 is 1.43 bits per heavy atom. The number of pyridine rings is 1. The summed E-state index contributed by atoms with van der Waals surface area (Å²) in [6.07, 6.45) is 1.73. The molecule has 0 fully saturated rings. The minimum absolute atomic E-state index is 0.594. The highest BCUT2D eigenvalue weighted by molar-refractivity contribution is 7.13. The van der Waals surface area contributed by atoms with Crippen LogP contribution in [0.25, 0.3) is 21.9 Å². The van der Waals surface area contributed by atoms with Crippen LogP contribution in [0.2, 0.25) is 0 Å². The summed E-state index contributed by atoms with van der Waals surface area (Å²) in [6, 6.07) is 5.79. The van der Waals surface area contributed by atoms with E-state index in [9.17, 15) is 9.90 Å². The van der Waals surface area contributed by atoms with Crippen LogP contribution >= 0.6 is 11.3 Å². The number of hydrogen-bond acceptors (Lipinski definition) is 4. The van der Waals surface area contributed by atoms with Gasteiger partial charge in [-0.25, -0.2) is 14.8 Å².